The smallest absolute Gasteiger partial charge is 0.248 e. The lowest BCUT2D eigenvalue weighted by Gasteiger charge is -2.36. The molecule has 3 fully saturated rings. The van der Waals surface area contributed by atoms with Crippen molar-refractivity contribution in [1.82, 2.24) is 10.2 Å². The van der Waals surface area contributed by atoms with Gasteiger partial charge in [0.2, 0.25) is 17.7 Å². The minimum atomic E-state index is -0.824. The molecule has 7 nitrogen and oxygen atoms in total. The fourth-order valence-electron chi connectivity index (χ4n) is 5.88. The Bertz CT molecular complexity index is 1170. The molecule has 3 heterocycles. The van der Waals surface area contributed by atoms with Crippen molar-refractivity contribution in [2.45, 2.75) is 46.8 Å². The number of rotatable bonds is 7. The van der Waals surface area contributed by atoms with E-state index in [2.05, 4.69) is 26.6 Å². The van der Waals surface area contributed by atoms with Gasteiger partial charge in [-0.1, -0.05) is 57.9 Å². The van der Waals surface area contributed by atoms with Crippen LogP contribution in [-0.4, -0.2) is 61.2 Å². The van der Waals surface area contributed by atoms with Crippen molar-refractivity contribution in [3.63, 3.8) is 0 Å². The number of benzene rings is 2. The van der Waals surface area contributed by atoms with Crippen molar-refractivity contribution in [3.05, 3.63) is 65.2 Å². The lowest BCUT2D eigenvalue weighted by atomic mass is 9.70. The van der Waals surface area contributed by atoms with Crippen LogP contribution >= 0.6 is 39.3 Å². The summed E-state index contributed by atoms with van der Waals surface area (Å²) in [6.07, 6.45) is 0.578. The first-order valence-corrected chi connectivity index (χ1v) is 14.1. The van der Waals surface area contributed by atoms with Crippen LogP contribution in [0.25, 0.3) is 0 Å². The highest BCUT2D eigenvalue weighted by Gasteiger charge is 2.76. The van der Waals surface area contributed by atoms with E-state index in [1.807, 2.05) is 30.3 Å². The van der Waals surface area contributed by atoms with Gasteiger partial charge in [-0.25, -0.2) is 0 Å². The van der Waals surface area contributed by atoms with Crippen LogP contribution in [-0.2, 0) is 20.9 Å². The Morgan fingerprint density at radius 1 is 1.19 bits per heavy atom. The van der Waals surface area contributed by atoms with Crippen molar-refractivity contribution in [1.29, 1.82) is 0 Å². The molecule has 3 N–H and O–H groups in total. The number of hydrogen-bond acceptors (Lipinski definition) is 5. The van der Waals surface area contributed by atoms with Crippen molar-refractivity contribution in [2.24, 2.45) is 11.8 Å². The van der Waals surface area contributed by atoms with Crippen molar-refractivity contribution in [2.75, 3.05) is 11.9 Å². The molecule has 0 saturated carbocycles. The highest BCUT2D eigenvalue weighted by Crippen LogP contribution is 2.68. The lowest BCUT2D eigenvalue weighted by molar-refractivity contribution is -0.141. The molecule has 3 aliphatic rings. The number of nitrogens with one attached hydrogen (secondary N) is 2. The Labute approximate surface area is 227 Å². The zero-order chi connectivity index (χ0) is 25.6. The first-order valence-electron chi connectivity index (χ1n) is 11.9. The molecule has 3 amide bonds. The molecule has 36 heavy (non-hydrogen) atoms. The standard InChI is InChI=1S/C26H27BrClN3O4S/c1-14(13-32)31-22(24(34)30-17-9-7-16(28)8-10-17)26-11-18(27)21(36-26)19(20(26)25(31)35)23(33)29-12-15-5-3-2-4-6-15/h2-10,14,18-22,32H,11-13H2,1H3,(H,29,33)(H,30,34)/t14-,18?,19-,20+,21-,22?,26?/m1/s1. The summed E-state index contributed by atoms with van der Waals surface area (Å²) >= 11 is 11.3. The highest BCUT2D eigenvalue weighted by atomic mass is 79.9. The van der Waals surface area contributed by atoms with Crippen LogP contribution in [0.4, 0.5) is 5.69 Å². The predicted octanol–water partition coefficient (Wildman–Crippen LogP) is 3.44. The van der Waals surface area contributed by atoms with Crippen LogP contribution in [0.5, 0.6) is 0 Å². The number of thioether (sulfide) groups is 1. The molecular weight excluding hydrogens is 566 g/mol. The maximum atomic E-state index is 13.9. The van der Waals surface area contributed by atoms with Gasteiger partial charge in [-0.15, -0.1) is 11.8 Å². The quantitative estimate of drug-likeness (QED) is 0.428. The molecule has 1 spiro atoms. The van der Waals surface area contributed by atoms with Gasteiger partial charge in [0.05, 0.1) is 29.2 Å². The zero-order valence-corrected chi connectivity index (χ0v) is 22.7. The second kappa shape index (κ2) is 10.0. The first kappa shape index (κ1) is 25.6. The number of carbonyl (C=O) groups is 3. The molecular formula is C26H27BrClN3O4S. The Kier molecular flexibility index (Phi) is 7.11. The number of fused-ring (bicyclic) bond motifs is 1. The van der Waals surface area contributed by atoms with Crippen LogP contribution in [0.1, 0.15) is 18.9 Å². The van der Waals surface area contributed by atoms with E-state index in [9.17, 15) is 19.5 Å². The number of aliphatic hydroxyl groups excluding tert-OH is 1. The maximum Gasteiger partial charge on any atom is 0.248 e. The monoisotopic (exact) mass is 591 g/mol. The fourth-order valence-corrected chi connectivity index (χ4v) is 9.60. The molecule has 3 unspecified atom stereocenters. The molecule has 3 aliphatic heterocycles. The van der Waals surface area contributed by atoms with Crippen LogP contribution < -0.4 is 10.6 Å². The Balaban J connectivity index is 1.46. The molecule has 190 valence electrons. The summed E-state index contributed by atoms with van der Waals surface area (Å²) in [4.78, 5) is 42.6. The van der Waals surface area contributed by atoms with Gasteiger partial charge in [0.1, 0.15) is 6.04 Å². The summed E-state index contributed by atoms with van der Waals surface area (Å²) in [5.74, 6) is -1.98. The van der Waals surface area contributed by atoms with E-state index >= 15 is 0 Å². The maximum absolute atomic E-state index is 13.9. The number of amides is 3. The van der Waals surface area contributed by atoms with Crippen LogP contribution in [0.2, 0.25) is 5.02 Å². The van der Waals surface area contributed by atoms with Gasteiger partial charge in [-0.2, -0.15) is 0 Å². The van der Waals surface area contributed by atoms with Crippen molar-refractivity contribution < 1.29 is 19.5 Å². The van der Waals surface area contributed by atoms with Gasteiger partial charge < -0.3 is 20.6 Å². The van der Waals surface area contributed by atoms with E-state index in [1.165, 1.54) is 4.90 Å². The number of halogens is 2. The minimum absolute atomic E-state index is 0.0192. The summed E-state index contributed by atoms with van der Waals surface area (Å²) in [6.45, 7) is 1.81. The van der Waals surface area contributed by atoms with E-state index in [0.29, 0.717) is 23.7 Å². The SMILES string of the molecule is C[C@H](CO)N1C(=O)[C@@H]2[C@@H](C(=O)NCc3ccccc3)[C@@H]3SC2(CC3Br)C1C(=O)Nc1ccc(Cl)cc1. The Morgan fingerprint density at radius 3 is 2.56 bits per heavy atom. The highest BCUT2D eigenvalue weighted by molar-refractivity contribution is 9.09. The average molecular weight is 593 g/mol. The number of hydrogen-bond donors (Lipinski definition) is 3. The summed E-state index contributed by atoms with van der Waals surface area (Å²) in [5.41, 5.74) is 1.54. The molecule has 5 rings (SSSR count). The summed E-state index contributed by atoms with van der Waals surface area (Å²) in [5, 5.41) is 16.3. The molecule has 2 aromatic carbocycles. The fraction of sp³-hybridized carbons (Fsp3) is 0.423. The third-order valence-electron chi connectivity index (χ3n) is 7.44. The lowest BCUT2D eigenvalue weighted by Crippen LogP contribution is -2.54. The summed E-state index contributed by atoms with van der Waals surface area (Å²) in [7, 11) is 0. The van der Waals surface area contributed by atoms with Gasteiger partial charge in [0.15, 0.2) is 0 Å². The molecule has 7 atom stereocenters. The molecule has 2 bridgehead atoms. The Hall–Kier alpha value is -2.07. The van der Waals surface area contributed by atoms with Gasteiger partial charge in [-0.05, 0) is 43.2 Å². The van der Waals surface area contributed by atoms with E-state index in [-0.39, 0.29) is 34.4 Å². The van der Waals surface area contributed by atoms with Gasteiger partial charge in [0, 0.05) is 27.3 Å². The second-order valence-corrected chi connectivity index (χ2v) is 12.8. The van der Waals surface area contributed by atoms with E-state index in [1.54, 1.807) is 43.0 Å². The third kappa shape index (κ3) is 4.23. The van der Waals surface area contributed by atoms with Crippen molar-refractivity contribution >= 4 is 62.7 Å². The zero-order valence-electron chi connectivity index (χ0n) is 19.6. The van der Waals surface area contributed by atoms with Gasteiger partial charge >= 0.3 is 0 Å². The number of aliphatic hydroxyl groups is 1. The third-order valence-corrected chi connectivity index (χ3v) is 10.9. The second-order valence-electron chi connectivity index (χ2n) is 9.64. The summed E-state index contributed by atoms with van der Waals surface area (Å²) < 4.78 is -0.773. The molecule has 2 aromatic rings. The van der Waals surface area contributed by atoms with E-state index in [4.69, 9.17) is 11.6 Å². The average Bonchev–Trinajstić information content (AvgIpc) is 3.47. The normalized spacial score (nSPS) is 31.3. The molecule has 0 radical (unpaired) electrons. The van der Waals surface area contributed by atoms with Gasteiger partial charge in [0.25, 0.3) is 0 Å². The number of nitrogens with zero attached hydrogens (tertiary/aromatic N) is 1. The van der Waals surface area contributed by atoms with Crippen LogP contribution in [0, 0.1) is 11.8 Å². The number of carbonyl (C=O) groups excluding carboxylic acids is 3. The molecule has 0 aromatic heterocycles. The minimum Gasteiger partial charge on any atom is -0.394 e. The number of likely N-dealkylation sites (tertiary alicyclic amines) is 1. The molecule has 3 saturated heterocycles. The predicted molar refractivity (Wildman–Crippen MR) is 144 cm³/mol. The Morgan fingerprint density at radius 2 is 1.89 bits per heavy atom. The topological polar surface area (TPSA) is 98.7 Å². The van der Waals surface area contributed by atoms with E-state index < -0.39 is 28.7 Å². The van der Waals surface area contributed by atoms with Crippen LogP contribution in [0.15, 0.2) is 54.6 Å². The number of anilines is 1. The van der Waals surface area contributed by atoms with E-state index in [0.717, 1.165) is 5.56 Å². The van der Waals surface area contributed by atoms with Gasteiger partial charge in [-0.3, -0.25) is 14.4 Å². The molecule has 0 aliphatic carbocycles. The van der Waals surface area contributed by atoms with Crippen molar-refractivity contribution in [3.8, 4) is 0 Å². The molecule has 10 heteroatoms. The largest absolute Gasteiger partial charge is 0.394 e. The van der Waals surface area contributed by atoms with Crippen LogP contribution in [0.3, 0.4) is 0 Å². The first-order chi connectivity index (χ1) is 17.3. The summed E-state index contributed by atoms with van der Waals surface area (Å²) in [6, 6.07) is 15.0. The number of alkyl halides is 1.